The average molecular weight is 313 g/mol. The second kappa shape index (κ2) is 9.62. The zero-order valence-corrected chi connectivity index (χ0v) is 14.6. The van der Waals surface area contributed by atoms with Gasteiger partial charge in [-0.3, -0.25) is 4.79 Å². The van der Waals surface area contributed by atoms with Crippen LogP contribution in [-0.4, -0.2) is 22.0 Å². The highest BCUT2D eigenvalue weighted by Gasteiger charge is 2.05. The van der Waals surface area contributed by atoms with E-state index in [2.05, 4.69) is 22.9 Å². The van der Waals surface area contributed by atoms with Gasteiger partial charge >= 0.3 is 0 Å². The van der Waals surface area contributed by atoms with Crippen LogP contribution in [0.3, 0.4) is 0 Å². The molecule has 124 valence electrons. The normalized spacial score (nSPS) is 9.74. The average Bonchev–Trinajstić information content (AvgIpc) is 2.95. The lowest BCUT2D eigenvalue weighted by Gasteiger charge is -2.07. The van der Waals surface area contributed by atoms with Crippen LogP contribution in [0.4, 0.5) is 0 Å². The Morgan fingerprint density at radius 2 is 1.83 bits per heavy atom. The van der Waals surface area contributed by atoms with Gasteiger partial charge in [0.1, 0.15) is 0 Å². The first-order valence-electron chi connectivity index (χ1n) is 7.83. The predicted molar refractivity (Wildman–Crippen MR) is 95.6 cm³/mol. The largest absolute Gasteiger partial charge is 0.352 e. The van der Waals surface area contributed by atoms with E-state index < -0.39 is 0 Å². The second-order valence-corrected chi connectivity index (χ2v) is 5.99. The summed E-state index contributed by atoms with van der Waals surface area (Å²) >= 11 is 0. The lowest BCUT2D eigenvalue weighted by atomic mass is 10.1. The van der Waals surface area contributed by atoms with E-state index in [1.807, 2.05) is 50.6 Å². The topological polar surface area (TPSA) is 46.9 Å². The van der Waals surface area contributed by atoms with Gasteiger partial charge in [0.15, 0.2) is 0 Å². The van der Waals surface area contributed by atoms with Gasteiger partial charge in [-0.05, 0) is 46.2 Å². The van der Waals surface area contributed by atoms with Crippen molar-refractivity contribution in [1.29, 1.82) is 0 Å². The lowest BCUT2D eigenvalue weighted by Crippen LogP contribution is -2.25. The molecule has 23 heavy (non-hydrogen) atoms. The molecule has 2 aromatic rings. The van der Waals surface area contributed by atoms with Gasteiger partial charge in [0.25, 0.3) is 5.91 Å². The Morgan fingerprint density at radius 1 is 1.22 bits per heavy atom. The number of nitrogens with one attached hydrogen (secondary N) is 1. The van der Waals surface area contributed by atoms with Crippen molar-refractivity contribution < 1.29 is 4.79 Å². The lowest BCUT2D eigenvalue weighted by molar-refractivity contribution is 0.0952. The number of rotatable bonds is 5. The third kappa shape index (κ3) is 8.00. The summed E-state index contributed by atoms with van der Waals surface area (Å²) in [5.41, 5.74) is 4.13. The van der Waals surface area contributed by atoms with E-state index in [1.54, 1.807) is 12.5 Å². The molecule has 1 aromatic carbocycles. The molecule has 1 heterocycles. The van der Waals surface area contributed by atoms with E-state index >= 15 is 0 Å². The third-order valence-corrected chi connectivity index (χ3v) is 2.92. The van der Waals surface area contributed by atoms with Crippen molar-refractivity contribution in [2.45, 2.75) is 40.7 Å². The van der Waals surface area contributed by atoms with Crippen molar-refractivity contribution in [3.8, 4) is 0 Å². The van der Waals surface area contributed by atoms with Crippen LogP contribution in [0.25, 0.3) is 0 Å². The number of allylic oxidation sites excluding steroid dienone is 1. The fourth-order valence-electron chi connectivity index (χ4n) is 2.09. The van der Waals surface area contributed by atoms with Crippen LogP contribution < -0.4 is 5.32 Å². The molecule has 0 saturated carbocycles. The van der Waals surface area contributed by atoms with Gasteiger partial charge in [0.2, 0.25) is 0 Å². The molecule has 2 rings (SSSR count). The fourth-order valence-corrected chi connectivity index (χ4v) is 2.09. The van der Waals surface area contributed by atoms with Crippen molar-refractivity contribution in [2.75, 3.05) is 6.54 Å². The molecule has 0 saturated heterocycles. The minimum absolute atomic E-state index is 0.00238. The number of benzene rings is 1. The molecule has 4 nitrogen and oxygen atoms in total. The quantitative estimate of drug-likeness (QED) is 0.672. The number of imidazole rings is 1. The molecule has 0 unspecified atom stereocenters. The first-order valence-corrected chi connectivity index (χ1v) is 7.83. The van der Waals surface area contributed by atoms with Gasteiger partial charge in [-0.1, -0.05) is 22.8 Å². The Hall–Kier alpha value is -2.36. The molecule has 0 radical (unpaired) electrons. The van der Waals surface area contributed by atoms with E-state index in [9.17, 15) is 4.79 Å². The molecular weight excluding hydrogens is 286 g/mol. The Labute approximate surface area is 139 Å². The van der Waals surface area contributed by atoms with Crippen molar-refractivity contribution in [3.05, 3.63) is 65.8 Å². The zero-order valence-electron chi connectivity index (χ0n) is 14.6. The first kappa shape index (κ1) is 18.7. The summed E-state index contributed by atoms with van der Waals surface area (Å²) in [5, 5.41) is 2.94. The van der Waals surface area contributed by atoms with Crippen LogP contribution in [0, 0.1) is 13.8 Å². The van der Waals surface area contributed by atoms with E-state index in [0.717, 1.165) is 29.7 Å². The smallest absolute Gasteiger partial charge is 0.251 e. The molecule has 1 amide bonds. The van der Waals surface area contributed by atoms with Gasteiger partial charge in [0, 0.05) is 31.0 Å². The van der Waals surface area contributed by atoms with Gasteiger partial charge in [0.05, 0.1) is 6.33 Å². The highest BCUT2D eigenvalue weighted by atomic mass is 16.1. The van der Waals surface area contributed by atoms with E-state index in [0.29, 0.717) is 6.54 Å². The summed E-state index contributed by atoms with van der Waals surface area (Å²) in [6.07, 6.45) is 6.36. The maximum absolute atomic E-state index is 12.0. The van der Waals surface area contributed by atoms with Crippen LogP contribution in [0.2, 0.25) is 0 Å². The van der Waals surface area contributed by atoms with E-state index in [-0.39, 0.29) is 5.91 Å². The van der Waals surface area contributed by atoms with Crippen LogP contribution in [0.1, 0.15) is 41.8 Å². The Kier molecular flexibility index (Phi) is 7.81. The molecule has 0 fully saturated rings. The molecular formula is C19H27N3O. The standard InChI is InChI=1S/C15H19N3O.C4H8/c1-12-8-13(2)10-14(9-12)15(19)17-4-3-6-18-7-5-16-11-18;1-4(2)3/h5,7-11H,3-4,6H2,1-2H3,(H,17,19);1H2,2-3H3. The van der Waals surface area contributed by atoms with Gasteiger partial charge in [-0.2, -0.15) is 0 Å². The number of hydrogen-bond acceptors (Lipinski definition) is 2. The van der Waals surface area contributed by atoms with Gasteiger partial charge in [-0.15, -0.1) is 6.58 Å². The van der Waals surface area contributed by atoms with Crippen molar-refractivity contribution in [3.63, 3.8) is 0 Å². The number of aromatic nitrogens is 2. The van der Waals surface area contributed by atoms with E-state index in [4.69, 9.17) is 0 Å². The summed E-state index contributed by atoms with van der Waals surface area (Å²) in [6, 6.07) is 5.90. The van der Waals surface area contributed by atoms with Crippen LogP contribution in [0.5, 0.6) is 0 Å². The SMILES string of the molecule is C=C(C)C.Cc1cc(C)cc(C(=O)NCCCn2ccnc2)c1. The van der Waals surface area contributed by atoms with Crippen LogP contribution in [-0.2, 0) is 6.54 Å². The molecule has 0 bridgehead atoms. The molecule has 1 N–H and O–H groups in total. The Bertz CT molecular complexity index is 606. The van der Waals surface area contributed by atoms with Crippen molar-refractivity contribution >= 4 is 5.91 Å². The number of nitrogens with zero attached hydrogens (tertiary/aromatic N) is 2. The summed E-state index contributed by atoms with van der Waals surface area (Å²) in [4.78, 5) is 16.0. The third-order valence-electron chi connectivity index (χ3n) is 2.92. The monoisotopic (exact) mass is 313 g/mol. The minimum Gasteiger partial charge on any atom is -0.352 e. The number of carbonyl (C=O) groups is 1. The number of aryl methyl sites for hydroxylation is 3. The Morgan fingerprint density at radius 3 is 2.35 bits per heavy atom. The number of amides is 1. The summed E-state index contributed by atoms with van der Waals surface area (Å²) < 4.78 is 2.00. The predicted octanol–water partition coefficient (Wildman–Crippen LogP) is 3.90. The second-order valence-electron chi connectivity index (χ2n) is 5.99. The molecule has 0 spiro atoms. The van der Waals surface area contributed by atoms with E-state index in [1.165, 1.54) is 5.57 Å². The van der Waals surface area contributed by atoms with Gasteiger partial charge < -0.3 is 9.88 Å². The molecule has 0 aliphatic heterocycles. The summed E-state index contributed by atoms with van der Waals surface area (Å²) in [7, 11) is 0. The minimum atomic E-state index is -0.00238. The molecule has 1 aromatic heterocycles. The fraction of sp³-hybridized carbons (Fsp3) is 0.368. The molecule has 0 aliphatic rings. The Balaban J connectivity index is 0.000000593. The zero-order chi connectivity index (χ0) is 17.2. The summed E-state index contributed by atoms with van der Waals surface area (Å²) in [6.45, 7) is 13.0. The maximum atomic E-state index is 12.0. The first-order chi connectivity index (χ1) is 10.9. The van der Waals surface area contributed by atoms with Crippen LogP contribution in [0.15, 0.2) is 49.1 Å². The summed E-state index contributed by atoms with van der Waals surface area (Å²) in [5.74, 6) is -0.00238. The van der Waals surface area contributed by atoms with Crippen molar-refractivity contribution in [2.24, 2.45) is 0 Å². The molecule has 4 heteroatoms. The highest BCUT2D eigenvalue weighted by molar-refractivity contribution is 5.94. The van der Waals surface area contributed by atoms with Crippen LogP contribution >= 0.6 is 0 Å². The molecule has 0 atom stereocenters. The van der Waals surface area contributed by atoms with Crippen molar-refractivity contribution in [1.82, 2.24) is 14.9 Å². The number of carbonyl (C=O) groups excluding carboxylic acids is 1. The van der Waals surface area contributed by atoms with Gasteiger partial charge in [-0.25, -0.2) is 4.98 Å². The highest BCUT2D eigenvalue weighted by Crippen LogP contribution is 2.08. The number of hydrogen-bond donors (Lipinski definition) is 1. The maximum Gasteiger partial charge on any atom is 0.251 e. The molecule has 0 aliphatic carbocycles.